The van der Waals surface area contributed by atoms with Crippen molar-refractivity contribution in [3.8, 4) is 11.5 Å². The fourth-order valence-electron chi connectivity index (χ4n) is 2.60. The van der Waals surface area contributed by atoms with Crippen LogP contribution in [0.1, 0.15) is 16.3 Å². The SMILES string of the molecule is CN=C(NCCc1ccc2c(c1)OCO2)N(C)Cc1csc(C)n1.I. The van der Waals surface area contributed by atoms with E-state index >= 15 is 0 Å². The predicted molar refractivity (Wildman–Crippen MR) is 111 cm³/mol. The number of nitrogens with zero attached hydrogens (tertiary/aromatic N) is 3. The molecule has 0 bridgehead atoms. The van der Waals surface area contributed by atoms with E-state index in [4.69, 9.17) is 9.47 Å². The summed E-state index contributed by atoms with van der Waals surface area (Å²) in [5.41, 5.74) is 2.28. The molecule has 3 rings (SSSR count). The number of aryl methyl sites for hydroxylation is 1. The van der Waals surface area contributed by atoms with Crippen molar-refractivity contribution >= 4 is 41.3 Å². The monoisotopic (exact) mass is 474 g/mol. The van der Waals surface area contributed by atoms with Crippen LogP contribution < -0.4 is 14.8 Å². The molecule has 0 radical (unpaired) electrons. The molecule has 0 aliphatic carbocycles. The number of guanidine groups is 1. The second-order valence-electron chi connectivity index (χ2n) is 5.63. The van der Waals surface area contributed by atoms with Crippen LogP contribution in [0, 0.1) is 6.92 Å². The molecule has 0 spiro atoms. The fraction of sp³-hybridized carbons (Fsp3) is 0.412. The van der Waals surface area contributed by atoms with Gasteiger partial charge in [0.2, 0.25) is 6.79 Å². The summed E-state index contributed by atoms with van der Waals surface area (Å²) in [6.45, 7) is 3.87. The molecule has 0 atom stereocenters. The number of hydrogen-bond donors (Lipinski definition) is 1. The van der Waals surface area contributed by atoms with Gasteiger partial charge < -0.3 is 19.7 Å². The first-order chi connectivity index (χ1) is 11.7. The molecule has 0 amide bonds. The van der Waals surface area contributed by atoms with Crippen molar-refractivity contribution in [3.63, 3.8) is 0 Å². The Bertz CT molecular complexity index is 735. The van der Waals surface area contributed by atoms with Gasteiger partial charge in [-0.2, -0.15) is 0 Å². The molecule has 0 saturated heterocycles. The molecule has 6 nitrogen and oxygen atoms in total. The highest BCUT2D eigenvalue weighted by Crippen LogP contribution is 2.32. The van der Waals surface area contributed by atoms with Crippen LogP contribution in [-0.2, 0) is 13.0 Å². The zero-order chi connectivity index (χ0) is 16.9. The van der Waals surface area contributed by atoms with Crippen molar-refractivity contribution in [2.24, 2.45) is 4.99 Å². The molecule has 8 heteroatoms. The molecule has 1 N–H and O–H groups in total. The first-order valence-electron chi connectivity index (χ1n) is 7.87. The van der Waals surface area contributed by atoms with E-state index in [9.17, 15) is 0 Å². The van der Waals surface area contributed by atoms with Gasteiger partial charge in [0.25, 0.3) is 0 Å². The van der Waals surface area contributed by atoms with Crippen molar-refractivity contribution in [2.75, 3.05) is 27.4 Å². The molecule has 0 saturated carbocycles. The van der Waals surface area contributed by atoms with E-state index in [0.717, 1.165) is 47.7 Å². The summed E-state index contributed by atoms with van der Waals surface area (Å²) >= 11 is 1.67. The molecule has 2 heterocycles. The van der Waals surface area contributed by atoms with Crippen molar-refractivity contribution in [2.45, 2.75) is 19.9 Å². The molecule has 1 aliphatic heterocycles. The van der Waals surface area contributed by atoms with Crippen LogP contribution in [0.25, 0.3) is 0 Å². The van der Waals surface area contributed by atoms with Crippen molar-refractivity contribution in [3.05, 3.63) is 39.8 Å². The lowest BCUT2D eigenvalue weighted by Crippen LogP contribution is -2.39. The second kappa shape index (κ2) is 9.23. The summed E-state index contributed by atoms with van der Waals surface area (Å²) in [5, 5.41) is 6.57. The van der Waals surface area contributed by atoms with Crippen LogP contribution in [0.4, 0.5) is 0 Å². The van der Waals surface area contributed by atoms with E-state index in [1.165, 1.54) is 5.56 Å². The number of aliphatic imine (C=N–C) groups is 1. The number of halogens is 1. The second-order valence-corrected chi connectivity index (χ2v) is 6.69. The minimum Gasteiger partial charge on any atom is -0.454 e. The first kappa shape index (κ1) is 19.8. The Morgan fingerprint density at radius 3 is 2.88 bits per heavy atom. The number of fused-ring (bicyclic) bond motifs is 1. The number of rotatable bonds is 5. The Morgan fingerprint density at radius 1 is 1.36 bits per heavy atom. The Balaban J connectivity index is 0.00000225. The minimum atomic E-state index is 0. The number of thiazole rings is 1. The number of benzene rings is 1. The van der Waals surface area contributed by atoms with E-state index in [-0.39, 0.29) is 24.0 Å². The van der Waals surface area contributed by atoms with Crippen LogP contribution in [0.3, 0.4) is 0 Å². The number of aromatic nitrogens is 1. The van der Waals surface area contributed by atoms with Gasteiger partial charge in [0.05, 0.1) is 17.2 Å². The third-order valence-corrected chi connectivity index (χ3v) is 4.60. The van der Waals surface area contributed by atoms with E-state index in [0.29, 0.717) is 6.79 Å². The van der Waals surface area contributed by atoms with E-state index in [2.05, 4.69) is 31.6 Å². The molecular formula is C17H23IN4O2S. The van der Waals surface area contributed by atoms with Gasteiger partial charge >= 0.3 is 0 Å². The van der Waals surface area contributed by atoms with Gasteiger partial charge in [-0.15, -0.1) is 35.3 Å². The summed E-state index contributed by atoms with van der Waals surface area (Å²) < 4.78 is 10.7. The van der Waals surface area contributed by atoms with Crippen molar-refractivity contribution in [1.82, 2.24) is 15.2 Å². The number of nitrogens with one attached hydrogen (secondary N) is 1. The summed E-state index contributed by atoms with van der Waals surface area (Å²) in [5.74, 6) is 2.51. The highest BCUT2D eigenvalue weighted by atomic mass is 127. The summed E-state index contributed by atoms with van der Waals surface area (Å²) in [6, 6.07) is 6.07. The molecule has 0 unspecified atom stereocenters. The quantitative estimate of drug-likeness (QED) is 0.410. The predicted octanol–water partition coefficient (Wildman–Crippen LogP) is 3.05. The fourth-order valence-corrected chi connectivity index (χ4v) is 3.20. The van der Waals surface area contributed by atoms with E-state index in [1.807, 2.05) is 26.1 Å². The molecule has 25 heavy (non-hydrogen) atoms. The molecule has 1 aliphatic rings. The van der Waals surface area contributed by atoms with Gasteiger partial charge in [-0.05, 0) is 31.0 Å². The van der Waals surface area contributed by atoms with Gasteiger partial charge in [0.1, 0.15) is 0 Å². The molecule has 2 aromatic rings. The van der Waals surface area contributed by atoms with Crippen LogP contribution in [0.2, 0.25) is 0 Å². The summed E-state index contributed by atoms with van der Waals surface area (Å²) in [6.07, 6.45) is 0.888. The van der Waals surface area contributed by atoms with Crippen LogP contribution >= 0.6 is 35.3 Å². The normalized spacial score (nSPS) is 12.7. The van der Waals surface area contributed by atoms with Gasteiger partial charge in [0, 0.05) is 26.0 Å². The maximum atomic E-state index is 5.41. The number of hydrogen-bond acceptors (Lipinski definition) is 5. The third-order valence-electron chi connectivity index (χ3n) is 3.77. The maximum absolute atomic E-state index is 5.41. The molecule has 136 valence electrons. The van der Waals surface area contributed by atoms with Crippen molar-refractivity contribution in [1.29, 1.82) is 0 Å². The van der Waals surface area contributed by atoms with Crippen LogP contribution in [0.5, 0.6) is 11.5 Å². The van der Waals surface area contributed by atoms with Crippen LogP contribution in [0.15, 0.2) is 28.6 Å². The molecule has 1 aromatic heterocycles. The smallest absolute Gasteiger partial charge is 0.231 e. The van der Waals surface area contributed by atoms with Crippen molar-refractivity contribution < 1.29 is 9.47 Å². The molecular weight excluding hydrogens is 451 g/mol. The Labute approximate surface area is 169 Å². The Morgan fingerprint density at radius 2 is 2.16 bits per heavy atom. The van der Waals surface area contributed by atoms with E-state index in [1.54, 1.807) is 18.4 Å². The lowest BCUT2D eigenvalue weighted by atomic mass is 10.1. The minimum absolute atomic E-state index is 0. The Hall–Kier alpha value is -1.55. The zero-order valence-electron chi connectivity index (χ0n) is 14.6. The lowest BCUT2D eigenvalue weighted by Gasteiger charge is -2.21. The van der Waals surface area contributed by atoms with Gasteiger partial charge in [-0.1, -0.05) is 6.07 Å². The van der Waals surface area contributed by atoms with E-state index < -0.39 is 0 Å². The Kier molecular flexibility index (Phi) is 7.30. The van der Waals surface area contributed by atoms with Gasteiger partial charge in [0.15, 0.2) is 17.5 Å². The zero-order valence-corrected chi connectivity index (χ0v) is 17.8. The standard InChI is InChI=1S/C17H22N4O2S.HI/c1-12-20-14(10-24-12)9-21(3)17(18-2)19-7-6-13-4-5-15-16(8-13)23-11-22-15;/h4-5,8,10H,6-7,9,11H2,1-3H3,(H,18,19);1H. The maximum Gasteiger partial charge on any atom is 0.231 e. The first-order valence-corrected chi connectivity index (χ1v) is 8.75. The lowest BCUT2D eigenvalue weighted by molar-refractivity contribution is 0.174. The number of ether oxygens (including phenoxy) is 2. The average Bonchev–Trinajstić information content (AvgIpc) is 3.19. The molecule has 1 aromatic carbocycles. The van der Waals surface area contributed by atoms with Gasteiger partial charge in [-0.3, -0.25) is 4.99 Å². The summed E-state index contributed by atoms with van der Waals surface area (Å²) in [4.78, 5) is 10.9. The largest absolute Gasteiger partial charge is 0.454 e. The summed E-state index contributed by atoms with van der Waals surface area (Å²) in [7, 11) is 3.82. The van der Waals surface area contributed by atoms with Crippen LogP contribution in [-0.4, -0.2) is 43.3 Å². The molecule has 0 fully saturated rings. The highest BCUT2D eigenvalue weighted by molar-refractivity contribution is 14.0. The third kappa shape index (κ3) is 5.21. The topological polar surface area (TPSA) is 59.0 Å². The van der Waals surface area contributed by atoms with Gasteiger partial charge in [-0.25, -0.2) is 4.98 Å². The highest BCUT2D eigenvalue weighted by Gasteiger charge is 2.13. The average molecular weight is 474 g/mol.